The molecule has 2 aliphatic heterocycles. The summed E-state index contributed by atoms with van der Waals surface area (Å²) in [7, 11) is 4.01. The van der Waals surface area contributed by atoms with E-state index in [1.165, 1.54) is 11.1 Å². The summed E-state index contributed by atoms with van der Waals surface area (Å²) < 4.78 is 11.1. The number of hydrogen-bond acceptors (Lipinski definition) is 5. The Labute approximate surface area is 205 Å². The first kappa shape index (κ1) is 26.3. The Morgan fingerprint density at radius 2 is 1.87 bits per heavy atom. The molecular weight excluding hydrogens is 505 g/mol. The highest BCUT2D eigenvalue weighted by Crippen LogP contribution is 2.12. The smallest absolute Gasteiger partial charge is 0.191 e. The van der Waals surface area contributed by atoms with Crippen LogP contribution >= 0.6 is 24.0 Å². The standard InChI is InChI=1S/C23H39N5O2.HI/c1-24-23(25-9-3-14-29-18-22-8-15-30-19-22)26-16-20-4-6-21(7-5-20)17-28-12-10-27(2)11-13-28;/h4-7,22H,3,8-19H2,1-2H3,(H2,24,25,26);1H. The van der Waals surface area contributed by atoms with Gasteiger partial charge in [-0.1, -0.05) is 24.3 Å². The van der Waals surface area contributed by atoms with Crippen molar-refractivity contribution in [2.24, 2.45) is 10.9 Å². The van der Waals surface area contributed by atoms with Crippen LogP contribution in [0.3, 0.4) is 0 Å². The van der Waals surface area contributed by atoms with Gasteiger partial charge in [0.1, 0.15) is 0 Å². The lowest BCUT2D eigenvalue weighted by Gasteiger charge is -2.32. The summed E-state index contributed by atoms with van der Waals surface area (Å²) >= 11 is 0. The fourth-order valence-corrected chi connectivity index (χ4v) is 3.78. The molecule has 0 saturated carbocycles. The number of nitrogens with zero attached hydrogens (tertiary/aromatic N) is 3. The Morgan fingerprint density at radius 3 is 2.55 bits per heavy atom. The van der Waals surface area contributed by atoms with Gasteiger partial charge in [0.15, 0.2) is 5.96 Å². The maximum absolute atomic E-state index is 5.75. The van der Waals surface area contributed by atoms with Crippen molar-refractivity contribution in [3.05, 3.63) is 35.4 Å². The molecule has 176 valence electrons. The molecule has 0 aliphatic carbocycles. The van der Waals surface area contributed by atoms with Crippen molar-refractivity contribution in [2.75, 3.05) is 73.2 Å². The summed E-state index contributed by atoms with van der Waals surface area (Å²) in [6.45, 7) is 10.6. The number of halogens is 1. The van der Waals surface area contributed by atoms with Crippen molar-refractivity contribution >= 4 is 29.9 Å². The van der Waals surface area contributed by atoms with Crippen LogP contribution in [0.1, 0.15) is 24.0 Å². The minimum atomic E-state index is 0. The fraction of sp³-hybridized carbons (Fsp3) is 0.696. The van der Waals surface area contributed by atoms with Gasteiger partial charge in [-0.3, -0.25) is 9.89 Å². The van der Waals surface area contributed by atoms with E-state index >= 15 is 0 Å². The average molecular weight is 546 g/mol. The van der Waals surface area contributed by atoms with Crippen molar-refractivity contribution in [3.8, 4) is 0 Å². The van der Waals surface area contributed by atoms with Crippen LogP contribution in [0.4, 0.5) is 0 Å². The summed E-state index contributed by atoms with van der Waals surface area (Å²) in [5.74, 6) is 1.42. The molecule has 2 N–H and O–H groups in total. The highest BCUT2D eigenvalue weighted by molar-refractivity contribution is 14.0. The van der Waals surface area contributed by atoms with E-state index in [-0.39, 0.29) is 24.0 Å². The maximum Gasteiger partial charge on any atom is 0.191 e. The van der Waals surface area contributed by atoms with E-state index in [9.17, 15) is 0 Å². The zero-order valence-corrected chi connectivity index (χ0v) is 21.5. The molecule has 8 heteroatoms. The number of piperazine rings is 1. The second-order valence-electron chi connectivity index (χ2n) is 8.41. The van der Waals surface area contributed by atoms with Gasteiger partial charge in [-0.25, -0.2) is 0 Å². The third-order valence-electron chi connectivity index (χ3n) is 5.84. The van der Waals surface area contributed by atoms with Crippen LogP contribution in [0, 0.1) is 5.92 Å². The van der Waals surface area contributed by atoms with Gasteiger partial charge in [-0.2, -0.15) is 0 Å². The molecule has 0 aromatic heterocycles. The predicted molar refractivity (Wildman–Crippen MR) is 137 cm³/mol. The van der Waals surface area contributed by atoms with E-state index in [4.69, 9.17) is 9.47 Å². The highest BCUT2D eigenvalue weighted by atomic mass is 127. The molecule has 3 rings (SSSR count). The molecule has 0 radical (unpaired) electrons. The van der Waals surface area contributed by atoms with E-state index in [2.05, 4.69) is 56.7 Å². The number of guanidine groups is 1. The number of rotatable bonds is 10. The summed E-state index contributed by atoms with van der Waals surface area (Å²) in [6, 6.07) is 8.93. The molecule has 1 unspecified atom stereocenters. The molecule has 2 fully saturated rings. The van der Waals surface area contributed by atoms with Crippen molar-refractivity contribution < 1.29 is 9.47 Å². The minimum Gasteiger partial charge on any atom is -0.381 e. The average Bonchev–Trinajstić information content (AvgIpc) is 3.29. The number of benzene rings is 1. The maximum atomic E-state index is 5.75. The van der Waals surface area contributed by atoms with Gasteiger partial charge in [0.25, 0.3) is 0 Å². The Balaban J connectivity index is 0.00000341. The van der Waals surface area contributed by atoms with E-state index < -0.39 is 0 Å². The number of hydrogen-bond donors (Lipinski definition) is 2. The molecule has 1 aromatic carbocycles. The van der Waals surface area contributed by atoms with Crippen molar-refractivity contribution in [3.63, 3.8) is 0 Å². The van der Waals surface area contributed by atoms with Crippen LogP contribution in [0.5, 0.6) is 0 Å². The quantitative estimate of drug-likeness (QED) is 0.204. The molecule has 31 heavy (non-hydrogen) atoms. The Bertz CT molecular complexity index is 629. The van der Waals surface area contributed by atoms with Crippen LogP contribution in [-0.2, 0) is 22.6 Å². The molecule has 0 amide bonds. The SMILES string of the molecule is CN=C(NCCCOCC1CCOC1)NCc1ccc(CN2CCN(C)CC2)cc1.I. The number of aliphatic imine (C=N–C) groups is 1. The van der Waals surface area contributed by atoms with Crippen LogP contribution in [0.25, 0.3) is 0 Å². The molecule has 1 aromatic rings. The number of likely N-dealkylation sites (N-methyl/N-ethyl adjacent to an activating group) is 1. The largest absolute Gasteiger partial charge is 0.381 e. The normalized spacial score (nSPS) is 20.5. The fourth-order valence-electron chi connectivity index (χ4n) is 3.78. The molecular formula is C23H40IN5O2. The van der Waals surface area contributed by atoms with Gasteiger partial charge in [-0.05, 0) is 31.0 Å². The van der Waals surface area contributed by atoms with Crippen molar-refractivity contribution in [2.45, 2.75) is 25.9 Å². The lowest BCUT2D eigenvalue weighted by molar-refractivity contribution is 0.0888. The molecule has 2 saturated heterocycles. The molecule has 2 aliphatic rings. The van der Waals surface area contributed by atoms with E-state index in [0.29, 0.717) is 5.92 Å². The molecule has 2 heterocycles. The molecule has 0 bridgehead atoms. The second-order valence-corrected chi connectivity index (χ2v) is 8.41. The monoisotopic (exact) mass is 545 g/mol. The topological polar surface area (TPSA) is 61.4 Å². The first-order chi connectivity index (χ1) is 14.7. The molecule has 0 spiro atoms. The number of ether oxygens (including phenoxy) is 2. The van der Waals surface area contributed by atoms with Crippen molar-refractivity contribution in [1.82, 2.24) is 20.4 Å². The van der Waals surface area contributed by atoms with E-state index in [1.54, 1.807) is 0 Å². The van der Waals surface area contributed by atoms with Gasteiger partial charge < -0.3 is 25.0 Å². The van der Waals surface area contributed by atoms with Crippen molar-refractivity contribution in [1.29, 1.82) is 0 Å². The first-order valence-corrected chi connectivity index (χ1v) is 11.3. The third-order valence-corrected chi connectivity index (χ3v) is 5.84. The minimum absolute atomic E-state index is 0. The molecule has 1 atom stereocenters. The molecule has 7 nitrogen and oxygen atoms in total. The summed E-state index contributed by atoms with van der Waals surface area (Å²) in [5.41, 5.74) is 2.65. The Kier molecular flexibility index (Phi) is 12.7. The predicted octanol–water partition coefficient (Wildman–Crippen LogP) is 2.16. The van der Waals surface area contributed by atoms with Gasteiger partial charge in [0.05, 0.1) is 13.2 Å². The van der Waals surface area contributed by atoms with Gasteiger partial charge in [-0.15, -0.1) is 24.0 Å². The zero-order chi connectivity index (χ0) is 21.0. The van der Waals surface area contributed by atoms with Gasteiger partial charge in [0, 0.05) is 72.0 Å². The van der Waals surface area contributed by atoms with Crippen LogP contribution < -0.4 is 10.6 Å². The summed E-state index contributed by atoms with van der Waals surface area (Å²) in [4.78, 5) is 9.24. The van der Waals surface area contributed by atoms with Gasteiger partial charge in [0.2, 0.25) is 0 Å². The zero-order valence-electron chi connectivity index (χ0n) is 19.1. The van der Waals surface area contributed by atoms with Crippen LogP contribution in [-0.4, -0.2) is 89.0 Å². The lowest BCUT2D eigenvalue weighted by atomic mass is 10.1. The van der Waals surface area contributed by atoms with Crippen LogP contribution in [0.2, 0.25) is 0 Å². The van der Waals surface area contributed by atoms with E-state index in [1.807, 2.05) is 7.05 Å². The first-order valence-electron chi connectivity index (χ1n) is 11.3. The second kappa shape index (κ2) is 15.0. The third kappa shape index (κ3) is 10.0. The number of nitrogens with one attached hydrogen (secondary N) is 2. The summed E-state index contributed by atoms with van der Waals surface area (Å²) in [5, 5.41) is 6.75. The van der Waals surface area contributed by atoms with Crippen LogP contribution in [0.15, 0.2) is 29.3 Å². The Morgan fingerprint density at radius 1 is 1.13 bits per heavy atom. The highest BCUT2D eigenvalue weighted by Gasteiger charge is 2.15. The van der Waals surface area contributed by atoms with E-state index in [0.717, 1.165) is 91.0 Å². The summed E-state index contributed by atoms with van der Waals surface area (Å²) in [6.07, 6.45) is 2.10. The Hall–Kier alpha value is -0.940. The lowest BCUT2D eigenvalue weighted by Crippen LogP contribution is -2.43. The van der Waals surface area contributed by atoms with Gasteiger partial charge >= 0.3 is 0 Å².